The molecule has 0 aliphatic rings. The molecular formula is C10H8ClNO. The van der Waals surface area contributed by atoms with E-state index in [1.807, 2.05) is 30.3 Å². The quantitative estimate of drug-likeness (QED) is 0.755. The highest BCUT2D eigenvalue weighted by Gasteiger charge is 2.02. The maximum atomic E-state index is 8.93. The molecule has 3 heteroatoms. The first-order valence-corrected chi connectivity index (χ1v) is 4.34. The van der Waals surface area contributed by atoms with Crippen molar-refractivity contribution in [2.24, 2.45) is 0 Å². The number of rotatable bonds is 1. The molecule has 0 radical (unpaired) electrons. The van der Waals surface area contributed by atoms with Gasteiger partial charge in [0.25, 0.3) is 0 Å². The fourth-order valence-electron chi connectivity index (χ4n) is 1.24. The lowest BCUT2D eigenvalue weighted by Gasteiger charge is -2.02. The fourth-order valence-corrected chi connectivity index (χ4v) is 1.46. The maximum Gasteiger partial charge on any atom is 0.0868 e. The van der Waals surface area contributed by atoms with Crippen molar-refractivity contribution in [1.82, 2.24) is 4.98 Å². The Kier molecular flexibility index (Phi) is 2.17. The van der Waals surface area contributed by atoms with E-state index in [0.29, 0.717) is 10.7 Å². The van der Waals surface area contributed by atoms with E-state index in [9.17, 15) is 0 Å². The Morgan fingerprint density at radius 1 is 1.31 bits per heavy atom. The van der Waals surface area contributed by atoms with Crippen LogP contribution in [-0.4, -0.2) is 10.1 Å². The van der Waals surface area contributed by atoms with Crippen molar-refractivity contribution in [3.8, 4) is 0 Å². The predicted molar refractivity (Wildman–Crippen MR) is 52.7 cm³/mol. The van der Waals surface area contributed by atoms with Gasteiger partial charge in [0.1, 0.15) is 0 Å². The largest absolute Gasteiger partial charge is 0.390 e. The molecule has 0 saturated carbocycles. The minimum absolute atomic E-state index is 0.121. The second kappa shape index (κ2) is 3.32. The van der Waals surface area contributed by atoms with Crippen molar-refractivity contribution in [3.63, 3.8) is 0 Å². The second-order valence-electron chi connectivity index (χ2n) is 2.77. The van der Waals surface area contributed by atoms with E-state index >= 15 is 0 Å². The van der Waals surface area contributed by atoms with Crippen LogP contribution in [0.4, 0.5) is 0 Å². The Bertz CT molecular complexity index is 442. The predicted octanol–water partition coefficient (Wildman–Crippen LogP) is 2.38. The van der Waals surface area contributed by atoms with Crippen LogP contribution in [0.15, 0.2) is 30.3 Å². The third kappa shape index (κ3) is 1.50. The monoisotopic (exact) mass is 193 g/mol. The SMILES string of the molecule is OCc1nc2ccccc2cc1Cl. The molecule has 66 valence electrons. The smallest absolute Gasteiger partial charge is 0.0868 e. The van der Waals surface area contributed by atoms with E-state index in [4.69, 9.17) is 16.7 Å². The van der Waals surface area contributed by atoms with E-state index < -0.39 is 0 Å². The van der Waals surface area contributed by atoms with Crippen molar-refractivity contribution < 1.29 is 5.11 Å². The summed E-state index contributed by atoms with van der Waals surface area (Å²) in [5.41, 5.74) is 1.39. The number of aliphatic hydroxyl groups excluding tert-OH is 1. The highest BCUT2D eigenvalue weighted by molar-refractivity contribution is 6.31. The molecule has 1 aromatic heterocycles. The van der Waals surface area contributed by atoms with E-state index in [1.165, 1.54) is 0 Å². The highest BCUT2D eigenvalue weighted by Crippen LogP contribution is 2.20. The lowest BCUT2D eigenvalue weighted by atomic mass is 10.2. The first-order chi connectivity index (χ1) is 6.31. The van der Waals surface area contributed by atoms with Gasteiger partial charge in [-0.2, -0.15) is 0 Å². The van der Waals surface area contributed by atoms with Crippen LogP contribution in [0.5, 0.6) is 0 Å². The average Bonchev–Trinajstić information content (AvgIpc) is 2.17. The van der Waals surface area contributed by atoms with Crippen LogP contribution in [0.3, 0.4) is 0 Å². The molecule has 0 aliphatic carbocycles. The molecule has 0 atom stereocenters. The van der Waals surface area contributed by atoms with Gasteiger partial charge in [0.2, 0.25) is 0 Å². The van der Waals surface area contributed by atoms with Gasteiger partial charge in [-0.25, -0.2) is 4.98 Å². The van der Waals surface area contributed by atoms with Gasteiger partial charge in [-0.3, -0.25) is 0 Å². The Hall–Kier alpha value is -1.12. The number of aromatic nitrogens is 1. The number of hydrogen-bond acceptors (Lipinski definition) is 2. The summed E-state index contributed by atoms with van der Waals surface area (Å²) in [7, 11) is 0. The molecule has 2 aromatic rings. The van der Waals surface area contributed by atoms with Crippen LogP contribution in [0, 0.1) is 0 Å². The van der Waals surface area contributed by atoms with Crippen LogP contribution in [0.25, 0.3) is 10.9 Å². The Morgan fingerprint density at radius 3 is 2.85 bits per heavy atom. The van der Waals surface area contributed by atoms with Crippen LogP contribution in [0.1, 0.15) is 5.69 Å². The van der Waals surface area contributed by atoms with Gasteiger partial charge < -0.3 is 5.11 Å². The molecule has 1 N–H and O–H groups in total. The molecule has 0 amide bonds. The zero-order valence-corrected chi connectivity index (χ0v) is 7.62. The first-order valence-electron chi connectivity index (χ1n) is 3.96. The van der Waals surface area contributed by atoms with Crippen molar-refractivity contribution in [2.75, 3.05) is 0 Å². The van der Waals surface area contributed by atoms with Gasteiger partial charge in [0, 0.05) is 5.39 Å². The Labute approximate surface area is 80.8 Å². The summed E-state index contributed by atoms with van der Waals surface area (Å²) in [6.45, 7) is -0.121. The minimum atomic E-state index is -0.121. The molecule has 2 rings (SSSR count). The molecule has 0 unspecified atom stereocenters. The Balaban J connectivity index is 2.74. The molecule has 1 heterocycles. The van der Waals surface area contributed by atoms with Crippen molar-refractivity contribution in [2.45, 2.75) is 6.61 Å². The molecular weight excluding hydrogens is 186 g/mol. The summed E-state index contributed by atoms with van der Waals surface area (Å²) in [5.74, 6) is 0. The first kappa shape index (κ1) is 8.48. The van der Waals surface area contributed by atoms with E-state index in [-0.39, 0.29) is 6.61 Å². The van der Waals surface area contributed by atoms with Crippen molar-refractivity contribution in [1.29, 1.82) is 0 Å². The number of pyridine rings is 1. The highest BCUT2D eigenvalue weighted by atomic mass is 35.5. The third-order valence-electron chi connectivity index (χ3n) is 1.90. The number of hydrogen-bond donors (Lipinski definition) is 1. The summed E-state index contributed by atoms with van der Waals surface area (Å²) in [4.78, 5) is 4.21. The molecule has 2 nitrogen and oxygen atoms in total. The molecule has 13 heavy (non-hydrogen) atoms. The fraction of sp³-hybridized carbons (Fsp3) is 0.100. The summed E-state index contributed by atoms with van der Waals surface area (Å²) < 4.78 is 0. The van der Waals surface area contributed by atoms with Crippen LogP contribution in [-0.2, 0) is 6.61 Å². The lowest BCUT2D eigenvalue weighted by molar-refractivity contribution is 0.277. The number of nitrogens with zero attached hydrogens (tertiary/aromatic N) is 1. The zero-order chi connectivity index (χ0) is 9.26. The number of benzene rings is 1. The van der Waals surface area contributed by atoms with Crippen LogP contribution < -0.4 is 0 Å². The molecule has 0 spiro atoms. The van der Waals surface area contributed by atoms with Gasteiger partial charge in [0.15, 0.2) is 0 Å². The number of halogens is 1. The Morgan fingerprint density at radius 2 is 2.08 bits per heavy atom. The number of aliphatic hydroxyl groups is 1. The second-order valence-corrected chi connectivity index (χ2v) is 3.17. The van der Waals surface area contributed by atoms with Crippen LogP contribution >= 0.6 is 11.6 Å². The third-order valence-corrected chi connectivity index (χ3v) is 2.23. The van der Waals surface area contributed by atoms with Gasteiger partial charge in [-0.05, 0) is 12.1 Å². The molecule has 0 aliphatic heterocycles. The normalized spacial score (nSPS) is 10.6. The minimum Gasteiger partial charge on any atom is -0.390 e. The maximum absolute atomic E-state index is 8.93. The summed E-state index contributed by atoms with van der Waals surface area (Å²) in [6, 6.07) is 9.49. The zero-order valence-electron chi connectivity index (χ0n) is 6.87. The van der Waals surface area contributed by atoms with Gasteiger partial charge in [-0.1, -0.05) is 29.8 Å². The topological polar surface area (TPSA) is 33.1 Å². The lowest BCUT2D eigenvalue weighted by Crippen LogP contribution is -1.91. The van der Waals surface area contributed by atoms with Gasteiger partial charge in [-0.15, -0.1) is 0 Å². The van der Waals surface area contributed by atoms with Gasteiger partial charge in [0.05, 0.1) is 22.8 Å². The summed E-state index contributed by atoms with van der Waals surface area (Å²) >= 11 is 5.88. The van der Waals surface area contributed by atoms with E-state index in [2.05, 4.69) is 4.98 Å². The standard InChI is InChI=1S/C10H8ClNO/c11-8-5-7-3-1-2-4-9(7)12-10(8)6-13/h1-5,13H,6H2. The number of fused-ring (bicyclic) bond motifs is 1. The van der Waals surface area contributed by atoms with Gasteiger partial charge >= 0.3 is 0 Å². The van der Waals surface area contributed by atoms with E-state index in [0.717, 1.165) is 10.9 Å². The van der Waals surface area contributed by atoms with Crippen molar-refractivity contribution in [3.05, 3.63) is 41.0 Å². The van der Waals surface area contributed by atoms with E-state index in [1.54, 1.807) is 0 Å². The van der Waals surface area contributed by atoms with Crippen molar-refractivity contribution >= 4 is 22.5 Å². The summed E-state index contributed by atoms with van der Waals surface area (Å²) in [5, 5.41) is 10.4. The number of para-hydroxylation sites is 1. The van der Waals surface area contributed by atoms with Crippen LogP contribution in [0.2, 0.25) is 5.02 Å². The average molecular weight is 194 g/mol. The molecule has 0 bridgehead atoms. The molecule has 1 aromatic carbocycles. The molecule has 0 fully saturated rings. The molecule has 0 saturated heterocycles. The summed E-state index contributed by atoms with van der Waals surface area (Å²) in [6.07, 6.45) is 0.